The standard InChI is InChI=1S/C6H12N2/c1-3-4-5-8-6(2)7/h5,7H,3-4H2,1-2H3. The molecule has 0 saturated heterocycles. The molecule has 1 N–H and O–H groups in total. The van der Waals surface area contributed by atoms with Crippen molar-refractivity contribution in [2.75, 3.05) is 0 Å². The van der Waals surface area contributed by atoms with Gasteiger partial charge < -0.3 is 0 Å². The summed E-state index contributed by atoms with van der Waals surface area (Å²) in [5.74, 6) is 0.387. The number of rotatable bonds is 2. The summed E-state index contributed by atoms with van der Waals surface area (Å²) >= 11 is 0. The molecule has 0 aromatic heterocycles. The zero-order chi connectivity index (χ0) is 6.41. The van der Waals surface area contributed by atoms with Crippen molar-refractivity contribution >= 4 is 12.1 Å². The van der Waals surface area contributed by atoms with Crippen LogP contribution in [-0.2, 0) is 0 Å². The predicted molar refractivity (Wildman–Crippen MR) is 36.8 cm³/mol. The molecule has 0 atom stereocenters. The molecule has 0 aliphatic rings. The summed E-state index contributed by atoms with van der Waals surface area (Å²) in [6, 6.07) is 0. The Balaban J connectivity index is 3.20. The Kier molecular flexibility index (Phi) is 4.13. The van der Waals surface area contributed by atoms with Crippen molar-refractivity contribution in [1.29, 1.82) is 5.41 Å². The first kappa shape index (κ1) is 7.34. The Morgan fingerprint density at radius 2 is 2.38 bits per heavy atom. The highest BCUT2D eigenvalue weighted by Gasteiger charge is 1.74. The third-order valence-corrected chi connectivity index (χ3v) is 0.703. The van der Waals surface area contributed by atoms with Crippen molar-refractivity contribution in [3.8, 4) is 0 Å². The lowest BCUT2D eigenvalue weighted by atomic mass is 10.4. The van der Waals surface area contributed by atoms with Gasteiger partial charge in [0.05, 0.1) is 0 Å². The van der Waals surface area contributed by atoms with Crippen LogP contribution in [0.5, 0.6) is 0 Å². The van der Waals surface area contributed by atoms with E-state index in [2.05, 4.69) is 11.9 Å². The van der Waals surface area contributed by atoms with Crippen molar-refractivity contribution in [2.45, 2.75) is 26.7 Å². The lowest BCUT2D eigenvalue weighted by Gasteiger charge is -1.82. The second kappa shape index (κ2) is 4.50. The number of unbranched alkanes of at least 4 members (excludes halogenated alkanes) is 1. The van der Waals surface area contributed by atoms with Gasteiger partial charge in [0.25, 0.3) is 0 Å². The zero-order valence-electron chi connectivity index (χ0n) is 5.44. The maximum atomic E-state index is 6.87. The molecule has 0 spiro atoms. The van der Waals surface area contributed by atoms with Crippen LogP contribution in [0.1, 0.15) is 26.7 Å². The minimum Gasteiger partial charge on any atom is -0.287 e. The summed E-state index contributed by atoms with van der Waals surface area (Å²) in [7, 11) is 0. The molecule has 0 unspecified atom stereocenters. The number of nitrogens with one attached hydrogen (secondary N) is 1. The average molecular weight is 112 g/mol. The largest absolute Gasteiger partial charge is 0.287 e. The molecule has 0 aliphatic carbocycles. The summed E-state index contributed by atoms with van der Waals surface area (Å²) in [6.45, 7) is 3.76. The van der Waals surface area contributed by atoms with E-state index in [1.54, 1.807) is 13.1 Å². The number of aliphatic imine (C=N–C) groups is 1. The quantitative estimate of drug-likeness (QED) is 0.418. The van der Waals surface area contributed by atoms with Gasteiger partial charge in [0.2, 0.25) is 0 Å². The fourth-order valence-electron chi connectivity index (χ4n) is 0.331. The molecular weight excluding hydrogens is 100 g/mol. The van der Waals surface area contributed by atoms with Crippen molar-refractivity contribution in [1.82, 2.24) is 0 Å². The summed E-state index contributed by atoms with van der Waals surface area (Å²) < 4.78 is 0. The first-order valence-corrected chi connectivity index (χ1v) is 2.85. The topological polar surface area (TPSA) is 36.2 Å². The van der Waals surface area contributed by atoms with Gasteiger partial charge in [-0.3, -0.25) is 5.41 Å². The fraction of sp³-hybridized carbons (Fsp3) is 0.667. The molecule has 0 aliphatic heterocycles. The van der Waals surface area contributed by atoms with Gasteiger partial charge in [0, 0.05) is 6.21 Å². The third kappa shape index (κ3) is 5.34. The minimum atomic E-state index is 0.387. The highest BCUT2D eigenvalue weighted by molar-refractivity contribution is 5.84. The Labute approximate surface area is 50.1 Å². The van der Waals surface area contributed by atoms with Gasteiger partial charge >= 0.3 is 0 Å². The number of hydrogen-bond acceptors (Lipinski definition) is 1. The summed E-state index contributed by atoms with van der Waals surface area (Å²) in [5.41, 5.74) is 0. The molecule has 0 aromatic rings. The van der Waals surface area contributed by atoms with E-state index in [0.29, 0.717) is 5.84 Å². The molecule has 0 radical (unpaired) electrons. The van der Waals surface area contributed by atoms with E-state index in [-0.39, 0.29) is 0 Å². The molecule has 2 nitrogen and oxygen atoms in total. The van der Waals surface area contributed by atoms with Gasteiger partial charge in [-0.15, -0.1) is 0 Å². The van der Waals surface area contributed by atoms with Crippen molar-refractivity contribution < 1.29 is 0 Å². The van der Waals surface area contributed by atoms with Crippen LogP contribution in [-0.4, -0.2) is 12.1 Å². The maximum Gasteiger partial charge on any atom is 0.116 e. The second-order valence-corrected chi connectivity index (χ2v) is 1.69. The molecule has 0 aromatic carbocycles. The Morgan fingerprint density at radius 1 is 1.75 bits per heavy atom. The third-order valence-electron chi connectivity index (χ3n) is 0.703. The van der Waals surface area contributed by atoms with E-state index in [1.165, 1.54) is 0 Å². The van der Waals surface area contributed by atoms with Gasteiger partial charge in [-0.2, -0.15) is 0 Å². The normalized spacial score (nSPS) is 10.2. The van der Waals surface area contributed by atoms with Crippen LogP contribution < -0.4 is 0 Å². The van der Waals surface area contributed by atoms with Crippen molar-refractivity contribution in [2.24, 2.45) is 4.99 Å². The molecular formula is C6H12N2. The van der Waals surface area contributed by atoms with Crippen molar-refractivity contribution in [3.63, 3.8) is 0 Å². The van der Waals surface area contributed by atoms with Crippen LogP contribution in [0.25, 0.3) is 0 Å². The Morgan fingerprint density at radius 3 is 2.75 bits per heavy atom. The molecule has 0 bridgehead atoms. The molecule has 0 saturated carbocycles. The molecule has 2 heteroatoms. The van der Waals surface area contributed by atoms with Crippen LogP contribution in [0.4, 0.5) is 0 Å². The van der Waals surface area contributed by atoms with Crippen LogP contribution in [0.2, 0.25) is 0 Å². The highest BCUT2D eigenvalue weighted by Crippen LogP contribution is 1.80. The van der Waals surface area contributed by atoms with E-state index in [9.17, 15) is 0 Å². The van der Waals surface area contributed by atoms with Crippen LogP contribution in [0.3, 0.4) is 0 Å². The van der Waals surface area contributed by atoms with E-state index < -0.39 is 0 Å². The van der Waals surface area contributed by atoms with E-state index in [4.69, 9.17) is 5.41 Å². The fourth-order valence-corrected chi connectivity index (χ4v) is 0.331. The lowest BCUT2D eigenvalue weighted by Crippen LogP contribution is -1.81. The van der Waals surface area contributed by atoms with Gasteiger partial charge in [0.1, 0.15) is 5.84 Å². The lowest BCUT2D eigenvalue weighted by molar-refractivity contribution is 1.01. The van der Waals surface area contributed by atoms with Crippen LogP contribution in [0, 0.1) is 5.41 Å². The van der Waals surface area contributed by atoms with E-state index in [1.807, 2.05) is 0 Å². The van der Waals surface area contributed by atoms with E-state index >= 15 is 0 Å². The zero-order valence-corrected chi connectivity index (χ0v) is 5.44. The number of nitrogens with zero attached hydrogens (tertiary/aromatic N) is 1. The monoisotopic (exact) mass is 112 g/mol. The number of amidine groups is 1. The SMILES string of the molecule is CCCC=NC(C)=N. The highest BCUT2D eigenvalue weighted by atomic mass is 14.8. The van der Waals surface area contributed by atoms with Crippen LogP contribution >= 0.6 is 0 Å². The van der Waals surface area contributed by atoms with Gasteiger partial charge in [-0.25, -0.2) is 4.99 Å². The number of hydrogen-bond donors (Lipinski definition) is 1. The smallest absolute Gasteiger partial charge is 0.116 e. The van der Waals surface area contributed by atoms with Gasteiger partial charge in [0.15, 0.2) is 0 Å². The maximum absolute atomic E-state index is 6.87. The molecule has 8 heavy (non-hydrogen) atoms. The molecule has 0 heterocycles. The molecule has 46 valence electrons. The van der Waals surface area contributed by atoms with Gasteiger partial charge in [-0.05, 0) is 13.3 Å². The average Bonchev–Trinajstić information content (AvgIpc) is 1.66. The molecule has 0 fully saturated rings. The predicted octanol–water partition coefficient (Wildman–Crippen LogP) is 1.85. The Hall–Kier alpha value is -0.660. The molecule has 0 amide bonds. The molecule has 0 rings (SSSR count). The van der Waals surface area contributed by atoms with Crippen molar-refractivity contribution in [3.05, 3.63) is 0 Å². The summed E-state index contributed by atoms with van der Waals surface area (Å²) in [6.07, 6.45) is 3.87. The second-order valence-electron chi connectivity index (χ2n) is 1.69. The minimum absolute atomic E-state index is 0.387. The van der Waals surface area contributed by atoms with Crippen LogP contribution in [0.15, 0.2) is 4.99 Å². The van der Waals surface area contributed by atoms with E-state index in [0.717, 1.165) is 12.8 Å². The first-order chi connectivity index (χ1) is 3.77. The first-order valence-electron chi connectivity index (χ1n) is 2.85. The van der Waals surface area contributed by atoms with Gasteiger partial charge in [-0.1, -0.05) is 13.3 Å². The Bertz CT molecular complexity index is 94.7. The summed E-state index contributed by atoms with van der Waals surface area (Å²) in [5, 5.41) is 6.87. The summed E-state index contributed by atoms with van der Waals surface area (Å²) in [4.78, 5) is 3.77.